The fraction of sp³-hybridized carbons (Fsp3) is 0.500. The second-order valence-corrected chi connectivity index (χ2v) is 7.41. The first-order valence-electron chi connectivity index (χ1n) is 8.31. The van der Waals surface area contributed by atoms with Crippen molar-refractivity contribution in [1.29, 1.82) is 0 Å². The van der Waals surface area contributed by atoms with E-state index in [1.165, 1.54) is 6.07 Å². The van der Waals surface area contributed by atoms with Gasteiger partial charge in [0.1, 0.15) is 12.2 Å². The highest BCUT2D eigenvalue weighted by Gasteiger charge is 2.64. The number of likely N-dealkylation sites (N-methyl/N-ethyl adjacent to an activating group) is 1. The van der Waals surface area contributed by atoms with Gasteiger partial charge in [0, 0.05) is 22.9 Å². The molecule has 0 radical (unpaired) electrons. The van der Waals surface area contributed by atoms with E-state index in [4.69, 9.17) is 4.74 Å². The quantitative estimate of drug-likeness (QED) is 0.666. The Morgan fingerprint density at radius 3 is 3.00 bits per heavy atom. The second kappa shape index (κ2) is 4.32. The minimum Gasteiger partial charge on any atom is -0.504 e. The standard InChI is InChI=1S/C18H19NO5/c1-19-5-4-18-10-2-3-12(20)16(18)24-15-13(21)7-9(17(22)23)8(14(15)18)6-11(10)19/h2-3,7,10-12,16,20-21H,4-6H2,1H3,(H,22,23)/p+1/t10-,11+,12-,16-,18-/m0/s1. The van der Waals surface area contributed by atoms with Crippen molar-refractivity contribution in [2.75, 3.05) is 13.6 Å². The Balaban J connectivity index is 0.00000157. The van der Waals surface area contributed by atoms with Crippen LogP contribution in [0, 0.1) is 5.92 Å². The normalized spacial score (nSPS) is 38.6. The highest BCUT2D eigenvalue weighted by molar-refractivity contribution is 5.92. The molecule has 24 heavy (non-hydrogen) atoms. The molecule has 2 aliphatic heterocycles. The van der Waals surface area contributed by atoms with Gasteiger partial charge in [0.15, 0.2) is 11.5 Å². The molecule has 126 valence electrons. The van der Waals surface area contributed by atoms with Crippen molar-refractivity contribution in [2.24, 2.45) is 5.92 Å². The molecule has 2 heterocycles. The Labute approximate surface area is 140 Å². The maximum Gasteiger partial charge on any atom is 1.00 e. The van der Waals surface area contributed by atoms with Gasteiger partial charge in [0.2, 0.25) is 0 Å². The minimum absolute atomic E-state index is 0. The summed E-state index contributed by atoms with van der Waals surface area (Å²) in [7, 11) is 2.06. The number of ether oxygens (including phenoxy) is 1. The zero-order valence-corrected chi connectivity index (χ0v) is 13.3. The molecule has 1 aromatic rings. The third kappa shape index (κ3) is 1.42. The average Bonchev–Trinajstić information content (AvgIpc) is 2.89. The summed E-state index contributed by atoms with van der Waals surface area (Å²) in [6.07, 6.45) is 4.02. The molecule has 0 saturated carbocycles. The molecular weight excluding hydrogens is 310 g/mol. The topological polar surface area (TPSA) is 90.2 Å². The summed E-state index contributed by atoms with van der Waals surface area (Å²) in [5, 5.41) is 30.5. The molecule has 5 atom stereocenters. The number of hydrogen-bond donors (Lipinski definition) is 3. The predicted molar refractivity (Wildman–Crippen MR) is 85.6 cm³/mol. The van der Waals surface area contributed by atoms with E-state index in [1.54, 1.807) is 6.08 Å². The summed E-state index contributed by atoms with van der Waals surface area (Å²) < 4.78 is 6.03. The van der Waals surface area contributed by atoms with Gasteiger partial charge in [-0.2, -0.15) is 0 Å². The van der Waals surface area contributed by atoms with Crippen LogP contribution in [0.15, 0.2) is 18.2 Å². The highest BCUT2D eigenvalue weighted by atomic mass is 16.5. The van der Waals surface area contributed by atoms with Gasteiger partial charge in [-0.15, -0.1) is 0 Å². The van der Waals surface area contributed by atoms with Crippen LogP contribution in [-0.2, 0) is 11.8 Å². The molecule has 0 unspecified atom stereocenters. The Hall–Kier alpha value is -2.05. The van der Waals surface area contributed by atoms with Crippen molar-refractivity contribution in [3.05, 3.63) is 34.9 Å². The van der Waals surface area contributed by atoms with Crippen molar-refractivity contribution in [2.45, 2.75) is 36.5 Å². The molecule has 1 saturated heterocycles. The third-order valence-corrected chi connectivity index (χ3v) is 6.51. The summed E-state index contributed by atoms with van der Waals surface area (Å²) >= 11 is 0. The van der Waals surface area contributed by atoms with E-state index in [2.05, 4.69) is 18.0 Å². The van der Waals surface area contributed by atoms with Crippen LogP contribution in [-0.4, -0.2) is 58.0 Å². The molecule has 6 heteroatoms. The molecule has 2 aliphatic carbocycles. The molecule has 6 nitrogen and oxygen atoms in total. The van der Waals surface area contributed by atoms with Gasteiger partial charge in [-0.3, -0.25) is 0 Å². The number of carbonyl (C=O) groups is 1. The first-order chi connectivity index (χ1) is 11.4. The van der Waals surface area contributed by atoms with Gasteiger partial charge in [-0.05, 0) is 38.1 Å². The lowest BCUT2D eigenvalue weighted by atomic mass is 9.53. The Bertz CT molecular complexity index is 809. The van der Waals surface area contributed by atoms with E-state index in [1.807, 2.05) is 0 Å². The Kier molecular flexibility index (Phi) is 2.57. The summed E-state index contributed by atoms with van der Waals surface area (Å²) in [6, 6.07) is 1.47. The van der Waals surface area contributed by atoms with Gasteiger partial charge in [-0.1, -0.05) is 12.2 Å². The zero-order chi connectivity index (χ0) is 16.8. The van der Waals surface area contributed by atoms with E-state index in [9.17, 15) is 20.1 Å². The van der Waals surface area contributed by atoms with E-state index in [-0.39, 0.29) is 24.7 Å². The van der Waals surface area contributed by atoms with Crippen LogP contribution in [0.1, 0.15) is 29.3 Å². The van der Waals surface area contributed by atoms with Crippen molar-refractivity contribution in [3.8, 4) is 11.5 Å². The number of hydrogen-bond acceptors (Lipinski definition) is 5. The number of aromatic carboxylic acids is 1. The van der Waals surface area contributed by atoms with Gasteiger partial charge in [-0.25, -0.2) is 4.79 Å². The van der Waals surface area contributed by atoms with E-state index in [0.29, 0.717) is 12.2 Å². The highest BCUT2D eigenvalue weighted by Crippen LogP contribution is 2.62. The maximum absolute atomic E-state index is 11.7. The van der Waals surface area contributed by atoms with Crippen LogP contribution in [0.4, 0.5) is 0 Å². The van der Waals surface area contributed by atoms with E-state index >= 15 is 0 Å². The van der Waals surface area contributed by atoms with Gasteiger partial charge < -0.3 is 25.0 Å². The first kappa shape index (κ1) is 14.3. The molecule has 2 bridgehead atoms. The molecule has 0 amide bonds. The number of piperidine rings is 1. The number of carboxylic acid groups (broad SMARTS) is 1. The van der Waals surface area contributed by atoms with Crippen LogP contribution in [0.2, 0.25) is 0 Å². The number of carboxylic acids is 1. The Morgan fingerprint density at radius 2 is 2.25 bits per heavy atom. The molecule has 1 fully saturated rings. The summed E-state index contributed by atoms with van der Waals surface area (Å²) in [4.78, 5) is 14.0. The number of benzene rings is 1. The molecule has 1 aromatic carbocycles. The fourth-order valence-corrected chi connectivity index (χ4v) is 5.51. The van der Waals surface area contributed by atoms with Gasteiger partial charge in [0.25, 0.3) is 0 Å². The molecule has 3 N–H and O–H groups in total. The molecule has 5 rings (SSSR count). The van der Waals surface area contributed by atoms with Crippen LogP contribution in [0.25, 0.3) is 0 Å². The Morgan fingerprint density at radius 1 is 1.46 bits per heavy atom. The number of aliphatic hydroxyl groups excluding tert-OH is 1. The fourth-order valence-electron chi connectivity index (χ4n) is 5.51. The molecule has 0 aromatic heterocycles. The maximum atomic E-state index is 11.7. The van der Waals surface area contributed by atoms with Gasteiger partial charge >= 0.3 is 7.40 Å². The molecular formula is C18H20NO5+. The number of aliphatic hydroxyl groups is 1. The number of aromatic hydroxyl groups is 1. The minimum atomic E-state index is -1.03. The van der Waals surface area contributed by atoms with Gasteiger partial charge in [0.05, 0.1) is 5.56 Å². The lowest BCUT2D eigenvalue weighted by molar-refractivity contribution is -0.0454. The van der Waals surface area contributed by atoms with Crippen LogP contribution in [0.3, 0.4) is 0 Å². The van der Waals surface area contributed by atoms with Crippen molar-refractivity contribution < 1.29 is 26.3 Å². The number of rotatable bonds is 1. The second-order valence-electron chi connectivity index (χ2n) is 7.41. The predicted octanol–water partition coefficient (Wildman–Crippen LogP) is 1.01. The van der Waals surface area contributed by atoms with Crippen molar-refractivity contribution in [1.82, 2.24) is 4.90 Å². The van der Waals surface area contributed by atoms with E-state index in [0.717, 1.165) is 24.1 Å². The van der Waals surface area contributed by atoms with Crippen LogP contribution < -0.4 is 4.74 Å². The number of phenols is 1. The van der Waals surface area contributed by atoms with Crippen LogP contribution in [0.5, 0.6) is 11.5 Å². The van der Waals surface area contributed by atoms with Crippen molar-refractivity contribution >= 4 is 5.97 Å². The number of phenolic OH excluding ortho intramolecular Hbond substituents is 1. The monoisotopic (exact) mass is 330 g/mol. The number of likely N-dealkylation sites (tertiary alicyclic amines) is 1. The summed E-state index contributed by atoms with van der Waals surface area (Å²) in [5.41, 5.74) is 1.28. The van der Waals surface area contributed by atoms with E-state index < -0.39 is 23.6 Å². The molecule has 1 spiro atoms. The lowest BCUT2D eigenvalue weighted by Crippen LogP contribution is -2.64. The summed E-state index contributed by atoms with van der Waals surface area (Å²) in [6.45, 7) is 0.860. The van der Waals surface area contributed by atoms with Crippen molar-refractivity contribution in [3.63, 3.8) is 0 Å². The molecule has 4 aliphatic rings. The summed E-state index contributed by atoms with van der Waals surface area (Å²) in [5.74, 6) is -0.648. The smallest absolute Gasteiger partial charge is 0.504 e. The largest absolute Gasteiger partial charge is 1.00 e. The first-order valence-corrected chi connectivity index (χ1v) is 8.31. The average molecular weight is 330 g/mol. The zero-order valence-electron chi connectivity index (χ0n) is 14.3. The third-order valence-electron chi connectivity index (χ3n) is 6.51. The number of nitrogens with zero attached hydrogens (tertiary/aromatic N) is 1. The lowest BCUT2D eigenvalue weighted by Gasteiger charge is -2.56. The SMILES string of the molecule is CN1CC[C@]23c4c5c(C(=O)O)cc(O)c4O[C@H]2[C@@H](O)C=C[C@H]3[C@H]1C5.[H+]. The van der Waals surface area contributed by atoms with Crippen LogP contribution >= 0.6 is 0 Å².